The number of amides is 1. The van der Waals surface area contributed by atoms with Crippen LogP contribution in [0.15, 0.2) is 36.4 Å². The van der Waals surface area contributed by atoms with Gasteiger partial charge in [0, 0.05) is 23.9 Å². The zero-order valence-corrected chi connectivity index (χ0v) is 16.0. The van der Waals surface area contributed by atoms with Crippen molar-refractivity contribution in [1.29, 1.82) is 0 Å². The van der Waals surface area contributed by atoms with E-state index < -0.39 is 30.2 Å². The van der Waals surface area contributed by atoms with E-state index >= 15 is 0 Å². The van der Waals surface area contributed by atoms with Crippen LogP contribution in [0.1, 0.15) is 24.3 Å². The standard InChI is InChI=1S/C22H21F3N2O3/c23-14-3-1-11(2-4-14)20-19(17-7-15(24)8-18(25)21(17)27-20)12-5-13(6-12)22(30)26-9-16(29)10-28/h1-4,7-8,12-13,16,27-29H,5-6,9-10H2,(H,26,30)/t12-,13-,16-/m1/s1. The maximum absolute atomic E-state index is 14.4. The lowest BCUT2D eigenvalue weighted by molar-refractivity contribution is -0.128. The van der Waals surface area contributed by atoms with E-state index in [0.29, 0.717) is 35.0 Å². The molecule has 1 atom stereocenters. The predicted molar refractivity (Wildman–Crippen MR) is 105 cm³/mol. The molecule has 3 aromatic rings. The van der Waals surface area contributed by atoms with Crippen LogP contribution in [0.25, 0.3) is 22.2 Å². The third kappa shape index (κ3) is 3.80. The molecular weight excluding hydrogens is 397 g/mol. The fourth-order valence-electron chi connectivity index (χ4n) is 4.00. The molecule has 4 rings (SSSR count). The Morgan fingerprint density at radius 1 is 1.13 bits per heavy atom. The maximum atomic E-state index is 14.4. The van der Waals surface area contributed by atoms with E-state index in [1.165, 1.54) is 18.2 Å². The molecule has 5 nitrogen and oxygen atoms in total. The van der Waals surface area contributed by atoms with Gasteiger partial charge in [-0.05, 0) is 60.2 Å². The Balaban J connectivity index is 1.64. The number of carbonyl (C=O) groups excluding carboxylic acids is 1. The van der Waals surface area contributed by atoms with Gasteiger partial charge in [-0.1, -0.05) is 0 Å². The fraction of sp³-hybridized carbons (Fsp3) is 0.318. The van der Waals surface area contributed by atoms with Crippen molar-refractivity contribution in [3.63, 3.8) is 0 Å². The van der Waals surface area contributed by atoms with Crippen molar-refractivity contribution in [3.05, 3.63) is 59.4 Å². The minimum Gasteiger partial charge on any atom is -0.394 e. The van der Waals surface area contributed by atoms with Crippen LogP contribution >= 0.6 is 0 Å². The number of benzene rings is 2. The van der Waals surface area contributed by atoms with Crippen LogP contribution < -0.4 is 5.32 Å². The average molecular weight is 418 g/mol. The van der Waals surface area contributed by atoms with Crippen LogP contribution in [0.3, 0.4) is 0 Å². The summed E-state index contributed by atoms with van der Waals surface area (Å²) < 4.78 is 41.7. The van der Waals surface area contributed by atoms with E-state index in [1.807, 2.05) is 0 Å². The van der Waals surface area contributed by atoms with Gasteiger partial charge in [0.25, 0.3) is 0 Å². The zero-order chi connectivity index (χ0) is 21.4. The highest BCUT2D eigenvalue weighted by Crippen LogP contribution is 2.48. The summed E-state index contributed by atoms with van der Waals surface area (Å²) in [6.45, 7) is -0.484. The highest BCUT2D eigenvalue weighted by molar-refractivity contribution is 5.92. The van der Waals surface area contributed by atoms with Crippen molar-refractivity contribution >= 4 is 16.8 Å². The Morgan fingerprint density at radius 3 is 2.50 bits per heavy atom. The first-order valence-electron chi connectivity index (χ1n) is 9.70. The monoisotopic (exact) mass is 418 g/mol. The van der Waals surface area contributed by atoms with E-state index in [-0.39, 0.29) is 29.8 Å². The van der Waals surface area contributed by atoms with Crippen molar-refractivity contribution in [2.24, 2.45) is 5.92 Å². The molecule has 8 heteroatoms. The minimum atomic E-state index is -1.02. The van der Waals surface area contributed by atoms with Gasteiger partial charge in [-0.3, -0.25) is 4.79 Å². The van der Waals surface area contributed by atoms with E-state index in [1.54, 1.807) is 12.1 Å². The molecule has 1 aromatic heterocycles. The zero-order valence-electron chi connectivity index (χ0n) is 16.0. The quantitative estimate of drug-likeness (QED) is 0.496. The highest BCUT2D eigenvalue weighted by Gasteiger charge is 2.38. The molecule has 2 aromatic carbocycles. The van der Waals surface area contributed by atoms with Crippen LogP contribution in [0.4, 0.5) is 13.2 Å². The lowest BCUT2D eigenvalue weighted by Crippen LogP contribution is -2.41. The first-order valence-corrected chi connectivity index (χ1v) is 9.70. The second kappa shape index (κ2) is 8.12. The first-order chi connectivity index (χ1) is 14.4. The van der Waals surface area contributed by atoms with E-state index in [9.17, 15) is 23.1 Å². The molecule has 1 aliphatic carbocycles. The third-order valence-electron chi connectivity index (χ3n) is 5.64. The number of aliphatic hydroxyl groups excluding tert-OH is 2. The van der Waals surface area contributed by atoms with Crippen LogP contribution in [-0.4, -0.2) is 40.4 Å². The highest BCUT2D eigenvalue weighted by atomic mass is 19.1. The minimum absolute atomic E-state index is 0.0408. The van der Waals surface area contributed by atoms with Crippen LogP contribution in [-0.2, 0) is 4.79 Å². The summed E-state index contributed by atoms with van der Waals surface area (Å²) in [4.78, 5) is 15.3. The van der Waals surface area contributed by atoms with Gasteiger partial charge in [-0.15, -0.1) is 0 Å². The first kappa shape index (κ1) is 20.4. The van der Waals surface area contributed by atoms with Gasteiger partial charge in [-0.2, -0.15) is 0 Å². The predicted octanol–water partition coefficient (Wildman–Crippen LogP) is 3.22. The summed E-state index contributed by atoms with van der Waals surface area (Å²) in [5.41, 5.74) is 2.09. The molecule has 1 aliphatic rings. The second-order valence-electron chi connectivity index (χ2n) is 7.68. The Morgan fingerprint density at radius 2 is 1.83 bits per heavy atom. The average Bonchev–Trinajstić information content (AvgIpc) is 3.05. The summed E-state index contributed by atoms with van der Waals surface area (Å²) >= 11 is 0. The number of nitrogens with one attached hydrogen (secondary N) is 2. The number of aromatic nitrogens is 1. The summed E-state index contributed by atoms with van der Waals surface area (Å²) in [6, 6.07) is 7.80. The number of rotatable bonds is 6. The van der Waals surface area contributed by atoms with Gasteiger partial charge < -0.3 is 20.5 Å². The Labute approximate surface area is 170 Å². The molecule has 0 spiro atoms. The van der Waals surface area contributed by atoms with Crippen molar-refractivity contribution in [2.45, 2.75) is 24.9 Å². The van der Waals surface area contributed by atoms with E-state index in [2.05, 4.69) is 10.3 Å². The summed E-state index contributed by atoms with van der Waals surface area (Å²) in [7, 11) is 0. The summed E-state index contributed by atoms with van der Waals surface area (Å²) in [5, 5.41) is 21.2. The number of H-pyrrole nitrogens is 1. The normalized spacial score (nSPS) is 19.5. The Hall–Kier alpha value is -2.84. The molecule has 1 heterocycles. The van der Waals surface area contributed by atoms with Gasteiger partial charge in [0.15, 0.2) is 0 Å². The molecule has 30 heavy (non-hydrogen) atoms. The number of fused-ring (bicyclic) bond motifs is 1. The number of carbonyl (C=O) groups is 1. The van der Waals surface area contributed by atoms with Crippen molar-refractivity contribution in [1.82, 2.24) is 10.3 Å². The van der Waals surface area contributed by atoms with Crippen LogP contribution in [0.2, 0.25) is 0 Å². The van der Waals surface area contributed by atoms with Crippen molar-refractivity contribution in [2.75, 3.05) is 13.2 Å². The summed E-state index contributed by atoms with van der Waals surface area (Å²) in [6.07, 6.45) is -0.0739. The molecule has 0 unspecified atom stereocenters. The molecule has 0 aliphatic heterocycles. The molecule has 1 saturated carbocycles. The number of aliphatic hydroxyl groups is 2. The molecule has 1 amide bonds. The Bertz CT molecular complexity index is 1080. The second-order valence-corrected chi connectivity index (χ2v) is 7.68. The number of halogens is 3. The van der Waals surface area contributed by atoms with E-state index in [0.717, 1.165) is 6.07 Å². The van der Waals surface area contributed by atoms with E-state index in [4.69, 9.17) is 5.11 Å². The number of hydrogen-bond acceptors (Lipinski definition) is 3. The number of aromatic amines is 1. The molecule has 0 bridgehead atoms. The van der Waals surface area contributed by atoms with Crippen molar-refractivity contribution < 1.29 is 28.2 Å². The lowest BCUT2D eigenvalue weighted by Gasteiger charge is -2.35. The van der Waals surface area contributed by atoms with Crippen LogP contribution in [0.5, 0.6) is 0 Å². The number of hydrogen-bond donors (Lipinski definition) is 4. The molecular formula is C22H21F3N2O3. The molecule has 0 radical (unpaired) electrons. The van der Waals surface area contributed by atoms with Gasteiger partial charge in [-0.25, -0.2) is 13.2 Å². The van der Waals surface area contributed by atoms with Gasteiger partial charge in [0.05, 0.1) is 23.9 Å². The molecule has 1 fully saturated rings. The Kier molecular flexibility index (Phi) is 5.53. The van der Waals surface area contributed by atoms with Crippen LogP contribution in [0, 0.1) is 23.4 Å². The van der Waals surface area contributed by atoms with Gasteiger partial charge >= 0.3 is 0 Å². The lowest BCUT2D eigenvalue weighted by atomic mass is 9.70. The molecule has 158 valence electrons. The fourth-order valence-corrected chi connectivity index (χ4v) is 4.00. The SMILES string of the molecule is O=C(NC[C@@H](O)CO)[C@H]1C[C@H](c2c(-c3ccc(F)cc3)[nH]c3c(F)cc(F)cc32)C1. The molecule has 0 saturated heterocycles. The smallest absolute Gasteiger partial charge is 0.223 e. The third-order valence-corrected chi connectivity index (χ3v) is 5.64. The summed E-state index contributed by atoms with van der Waals surface area (Å²) in [5.74, 6) is -2.47. The van der Waals surface area contributed by atoms with Crippen molar-refractivity contribution in [3.8, 4) is 11.3 Å². The maximum Gasteiger partial charge on any atom is 0.223 e. The molecule has 4 N–H and O–H groups in total. The van der Waals surface area contributed by atoms with Gasteiger partial charge in [0.1, 0.15) is 17.5 Å². The van der Waals surface area contributed by atoms with Gasteiger partial charge in [0.2, 0.25) is 5.91 Å². The largest absolute Gasteiger partial charge is 0.394 e. The topological polar surface area (TPSA) is 85.3 Å².